The van der Waals surface area contributed by atoms with Gasteiger partial charge in [0.15, 0.2) is 5.82 Å². The number of anilines is 1. The van der Waals surface area contributed by atoms with E-state index in [2.05, 4.69) is 10.1 Å². The second kappa shape index (κ2) is 8.77. The number of nitrogens with two attached hydrogens (primary N) is 1. The van der Waals surface area contributed by atoms with Crippen molar-refractivity contribution in [2.24, 2.45) is 0 Å². The number of benzene rings is 1. The molecule has 12 heteroatoms. The highest BCUT2D eigenvalue weighted by Crippen LogP contribution is 2.35. The minimum atomic E-state index is -0.803. The second-order valence-corrected chi connectivity index (χ2v) is 9.73. The van der Waals surface area contributed by atoms with Crippen molar-refractivity contribution in [2.45, 2.75) is 31.8 Å². The van der Waals surface area contributed by atoms with E-state index < -0.39 is 28.9 Å². The molecule has 1 aromatic carbocycles. The summed E-state index contributed by atoms with van der Waals surface area (Å²) in [5.74, 6) is -3.57. The zero-order valence-electron chi connectivity index (χ0n) is 19.8. The number of hydrogen-bond donors (Lipinski definition) is 1. The van der Waals surface area contributed by atoms with Gasteiger partial charge in [-0.15, -0.1) is 0 Å². The molecule has 0 spiro atoms. The summed E-state index contributed by atoms with van der Waals surface area (Å²) in [6, 6.07) is 3.07. The fourth-order valence-corrected chi connectivity index (χ4v) is 4.80. The molecule has 5 rings (SSSR count). The summed E-state index contributed by atoms with van der Waals surface area (Å²) in [5, 5.41) is 4.58. The molecular weight excluding hydrogens is 477 g/mol. The Morgan fingerprint density at radius 1 is 1.17 bits per heavy atom. The van der Waals surface area contributed by atoms with Crippen molar-refractivity contribution >= 4 is 28.5 Å². The van der Waals surface area contributed by atoms with Crippen LogP contribution in [0.2, 0.25) is 0 Å². The SMILES string of the molecule is CC1(C)COCCN1C(=O)Cn1nc(C2CN(C(=O)c3cc(N)ncc3F)C2)c2c(F)cc(F)cc21. The van der Waals surface area contributed by atoms with Gasteiger partial charge in [-0.25, -0.2) is 18.2 Å². The molecule has 0 atom stereocenters. The lowest BCUT2D eigenvalue weighted by Gasteiger charge is -2.42. The summed E-state index contributed by atoms with van der Waals surface area (Å²) in [6.45, 7) is 5.03. The number of halogens is 3. The number of carbonyl (C=O) groups is 2. The van der Waals surface area contributed by atoms with Gasteiger partial charge in [-0.2, -0.15) is 5.10 Å². The van der Waals surface area contributed by atoms with E-state index in [1.54, 1.807) is 4.90 Å². The zero-order valence-corrected chi connectivity index (χ0v) is 19.8. The Labute approximate surface area is 204 Å². The normalized spacial score (nSPS) is 17.9. The molecule has 0 aliphatic carbocycles. The lowest BCUT2D eigenvalue weighted by atomic mass is 9.93. The number of likely N-dealkylation sites (tertiary alicyclic amines) is 1. The van der Waals surface area contributed by atoms with Gasteiger partial charge in [0.25, 0.3) is 5.91 Å². The molecule has 36 heavy (non-hydrogen) atoms. The summed E-state index contributed by atoms with van der Waals surface area (Å²) in [6.07, 6.45) is 0.881. The zero-order chi connectivity index (χ0) is 25.8. The van der Waals surface area contributed by atoms with E-state index in [0.29, 0.717) is 25.5 Å². The molecule has 3 aromatic rings. The van der Waals surface area contributed by atoms with Crippen molar-refractivity contribution in [1.82, 2.24) is 24.6 Å². The summed E-state index contributed by atoms with van der Waals surface area (Å²) in [4.78, 5) is 32.5. The fourth-order valence-electron chi connectivity index (χ4n) is 4.80. The highest BCUT2D eigenvalue weighted by molar-refractivity contribution is 5.96. The predicted octanol–water partition coefficient (Wildman–Crippen LogP) is 2.31. The number of aromatic nitrogens is 3. The number of morpholine rings is 1. The molecule has 2 aromatic heterocycles. The summed E-state index contributed by atoms with van der Waals surface area (Å²) < 4.78 is 49.9. The first-order chi connectivity index (χ1) is 17.0. The van der Waals surface area contributed by atoms with Crippen LogP contribution in [-0.2, 0) is 16.1 Å². The molecular formula is C24H25F3N6O3. The standard InChI is InChI=1S/C24H25F3N6O3/c1-24(2)12-36-4-3-32(24)20(34)11-33-18-6-14(25)5-16(26)21(18)22(30-33)13-9-31(10-13)23(35)15-7-19(28)29-8-17(15)27/h5-8,13H,3-4,9-12H2,1-2H3,(H2,28,29). The lowest BCUT2D eigenvalue weighted by molar-refractivity contribution is -0.147. The average molecular weight is 502 g/mol. The van der Waals surface area contributed by atoms with Crippen LogP contribution in [0.5, 0.6) is 0 Å². The lowest BCUT2D eigenvalue weighted by Crippen LogP contribution is -2.56. The van der Waals surface area contributed by atoms with Gasteiger partial charge >= 0.3 is 0 Å². The molecule has 2 N–H and O–H groups in total. The van der Waals surface area contributed by atoms with Gasteiger partial charge in [0.05, 0.1) is 47.1 Å². The molecule has 0 bridgehead atoms. The predicted molar refractivity (Wildman–Crippen MR) is 124 cm³/mol. The highest BCUT2D eigenvalue weighted by Gasteiger charge is 2.38. The van der Waals surface area contributed by atoms with Gasteiger partial charge < -0.3 is 20.3 Å². The molecule has 190 valence electrons. The highest BCUT2D eigenvalue weighted by atomic mass is 19.1. The average Bonchev–Trinajstić information content (AvgIpc) is 3.11. The Balaban J connectivity index is 1.41. The maximum absolute atomic E-state index is 14.9. The van der Waals surface area contributed by atoms with Gasteiger partial charge in [0, 0.05) is 37.7 Å². The molecule has 2 aliphatic heterocycles. The van der Waals surface area contributed by atoms with Crippen molar-refractivity contribution in [3.05, 3.63) is 53.1 Å². The first kappa shape index (κ1) is 24.0. The Morgan fingerprint density at radius 3 is 2.64 bits per heavy atom. The van der Waals surface area contributed by atoms with Crippen molar-refractivity contribution in [1.29, 1.82) is 0 Å². The number of nitrogen functional groups attached to an aromatic ring is 1. The van der Waals surface area contributed by atoms with Gasteiger partial charge in [-0.3, -0.25) is 14.3 Å². The summed E-state index contributed by atoms with van der Waals surface area (Å²) in [7, 11) is 0. The van der Waals surface area contributed by atoms with Crippen molar-refractivity contribution in [3.63, 3.8) is 0 Å². The van der Waals surface area contributed by atoms with E-state index in [1.807, 2.05) is 13.8 Å². The van der Waals surface area contributed by atoms with Crippen LogP contribution >= 0.6 is 0 Å². The van der Waals surface area contributed by atoms with Crippen LogP contribution in [0.25, 0.3) is 10.9 Å². The third-order valence-corrected chi connectivity index (χ3v) is 6.69. The molecule has 9 nitrogen and oxygen atoms in total. The van der Waals surface area contributed by atoms with E-state index in [9.17, 15) is 22.8 Å². The molecule has 2 saturated heterocycles. The van der Waals surface area contributed by atoms with E-state index in [1.165, 1.54) is 9.58 Å². The van der Waals surface area contributed by atoms with Crippen molar-refractivity contribution < 1.29 is 27.5 Å². The molecule has 0 unspecified atom stereocenters. The quantitative estimate of drug-likeness (QED) is 0.587. The second-order valence-electron chi connectivity index (χ2n) is 9.73. The number of carbonyl (C=O) groups excluding carboxylic acids is 2. The number of amides is 2. The molecule has 4 heterocycles. The molecule has 2 amide bonds. The van der Waals surface area contributed by atoms with Gasteiger partial charge in [0.1, 0.15) is 24.0 Å². The number of hydrogen-bond acceptors (Lipinski definition) is 6. The van der Waals surface area contributed by atoms with E-state index in [-0.39, 0.29) is 53.7 Å². The largest absolute Gasteiger partial charge is 0.384 e. The molecule has 0 saturated carbocycles. The van der Waals surface area contributed by atoms with Crippen LogP contribution in [0.1, 0.15) is 35.8 Å². The van der Waals surface area contributed by atoms with Crippen molar-refractivity contribution in [2.75, 3.05) is 38.6 Å². The number of ether oxygens (including phenoxy) is 1. The first-order valence-electron chi connectivity index (χ1n) is 11.5. The topological polar surface area (TPSA) is 107 Å². The Morgan fingerprint density at radius 2 is 1.92 bits per heavy atom. The Kier molecular flexibility index (Phi) is 5.86. The third-order valence-electron chi connectivity index (χ3n) is 6.69. The molecule has 0 radical (unpaired) electrons. The van der Waals surface area contributed by atoms with Crippen LogP contribution in [0.4, 0.5) is 19.0 Å². The van der Waals surface area contributed by atoms with E-state index in [0.717, 1.165) is 24.4 Å². The van der Waals surface area contributed by atoms with Gasteiger partial charge in [-0.05, 0) is 19.9 Å². The van der Waals surface area contributed by atoms with Gasteiger partial charge in [-0.1, -0.05) is 0 Å². The number of nitrogens with zero attached hydrogens (tertiary/aromatic N) is 5. The van der Waals surface area contributed by atoms with Crippen LogP contribution < -0.4 is 5.73 Å². The number of pyridine rings is 1. The minimum absolute atomic E-state index is 0.0128. The fraction of sp³-hybridized carbons (Fsp3) is 0.417. The smallest absolute Gasteiger partial charge is 0.257 e. The number of rotatable bonds is 4. The van der Waals surface area contributed by atoms with Crippen LogP contribution in [-0.4, -0.2) is 74.8 Å². The van der Waals surface area contributed by atoms with E-state index >= 15 is 0 Å². The minimum Gasteiger partial charge on any atom is -0.384 e. The maximum atomic E-state index is 14.9. The number of fused-ring (bicyclic) bond motifs is 1. The van der Waals surface area contributed by atoms with Gasteiger partial charge in [0.2, 0.25) is 5.91 Å². The molecule has 2 fully saturated rings. The Hall–Kier alpha value is -3.67. The monoisotopic (exact) mass is 502 g/mol. The van der Waals surface area contributed by atoms with Crippen molar-refractivity contribution in [3.8, 4) is 0 Å². The first-order valence-corrected chi connectivity index (χ1v) is 11.5. The van der Waals surface area contributed by atoms with E-state index in [4.69, 9.17) is 10.5 Å². The Bertz CT molecular complexity index is 1370. The van der Waals surface area contributed by atoms with Crippen LogP contribution in [0.3, 0.4) is 0 Å². The molecule has 2 aliphatic rings. The van der Waals surface area contributed by atoms with Crippen LogP contribution in [0, 0.1) is 17.5 Å². The van der Waals surface area contributed by atoms with Crippen LogP contribution in [0.15, 0.2) is 24.4 Å². The summed E-state index contributed by atoms with van der Waals surface area (Å²) >= 11 is 0. The summed E-state index contributed by atoms with van der Waals surface area (Å²) in [5.41, 5.74) is 5.31. The maximum Gasteiger partial charge on any atom is 0.257 e. The third kappa shape index (κ3) is 4.15.